The van der Waals surface area contributed by atoms with E-state index < -0.39 is 0 Å². The van der Waals surface area contributed by atoms with Crippen LogP contribution in [0.5, 0.6) is 0 Å². The van der Waals surface area contributed by atoms with Crippen LogP contribution in [-0.2, 0) is 0 Å². The molecular formula is C18H15FN2O3. The summed E-state index contributed by atoms with van der Waals surface area (Å²) >= 11 is 0. The number of hydrogen-bond acceptors (Lipinski definition) is 4. The average molecular weight is 326 g/mol. The molecule has 1 aliphatic rings. The largest absolute Gasteiger partial charge is 0.461 e. The molecule has 5 nitrogen and oxygen atoms in total. The Morgan fingerprint density at radius 3 is 2.88 bits per heavy atom. The van der Waals surface area contributed by atoms with Gasteiger partial charge in [0.15, 0.2) is 11.5 Å². The van der Waals surface area contributed by atoms with E-state index in [1.165, 1.54) is 12.3 Å². The van der Waals surface area contributed by atoms with Gasteiger partial charge in [-0.3, -0.25) is 4.79 Å². The number of nitrogens with zero attached hydrogens (tertiary/aromatic N) is 2. The van der Waals surface area contributed by atoms with E-state index in [0.717, 1.165) is 12.8 Å². The Bertz CT molecular complexity index is 857. The summed E-state index contributed by atoms with van der Waals surface area (Å²) in [5, 5.41) is 3.85. The number of benzene rings is 1. The predicted octanol–water partition coefficient (Wildman–Crippen LogP) is 4.05. The van der Waals surface area contributed by atoms with E-state index in [1.807, 2.05) is 0 Å². The molecule has 1 amide bonds. The van der Waals surface area contributed by atoms with Crippen molar-refractivity contribution in [2.45, 2.75) is 18.9 Å². The van der Waals surface area contributed by atoms with Gasteiger partial charge in [-0.1, -0.05) is 23.4 Å². The van der Waals surface area contributed by atoms with Gasteiger partial charge < -0.3 is 13.8 Å². The highest BCUT2D eigenvalue weighted by molar-refractivity contribution is 5.93. The lowest BCUT2D eigenvalue weighted by Gasteiger charge is -2.24. The Morgan fingerprint density at radius 1 is 1.21 bits per heavy atom. The topological polar surface area (TPSA) is 59.5 Å². The number of likely N-dealkylation sites (tertiary alicyclic amines) is 1. The number of rotatable bonds is 3. The van der Waals surface area contributed by atoms with Crippen molar-refractivity contribution in [3.63, 3.8) is 0 Å². The molecule has 0 radical (unpaired) electrons. The second-order valence-electron chi connectivity index (χ2n) is 5.73. The minimum absolute atomic E-state index is 0.199. The van der Waals surface area contributed by atoms with E-state index in [2.05, 4.69) is 5.16 Å². The van der Waals surface area contributed by atoms with Crippen LogP contribution >= 0.6 is 0 Å². The number of carbonyl (C=O) groups excluding carboxylic acids is 1. The van der Waals surface area contributed by atoms with Gasteiger partial charge >= 0.3 is 0 Å². The van der Waals surface area contributed by atoms with Crippen LogP contribution < -0.4 is 0 Å². The summed E-state index contributed by atoms with van der Waals surface area (Å²) in [4.78, 5) is 14.4. The Labute approximate surface area is 137 Å². The Morgan fingerprint density at radius 2 is 2.08 bits per heavy atom. The fraction of sp³-hybridized carbons (Fsp3) is 0.222. The Kier molecular flexibility index (Phi) is 3.65. The highest BCUT2D eigenvalue weighted by atomic mass is 19.1. The molecule has 122 valence electrons. The smallest absolute Gasteiger partial charge is 0.276 e. The maximum Gasteiger partial charge on any atom is 0.276 e. The fourth-order valence-electron chi connectivity index (χ4n) is 3.14. The van der Waals surface area contributed by atoms with E-state index in [1.54, 1.807) is 41.3 Å². The molecule has 0 unspecified atom stereocenters. The first-order valence-electron chi connectivity index (χ1n) is 7.80. The third kappa shape index (κ3) is 2.50. The van der Waals surface area contributed by atoms with Crippen LogP contribution in [0.15, 0.2) is 57.7 Å². The molecule has 0 bridgehead atoms. The number of halogens is 1. The summed E-state index contributed by atoms with van der Waals surface area (Å²) < 4.78 is 24.5. The summed E-state index contributed by atoms with van der Waals surface area (Å²) in [6, 6.07) is 11.3. The number of furan rings is 1. The monoisotopic (exact) mass is 326 g/mol. The molecule has 3 heterocycles. The molecule has 3 aromatic rings. The van der Waals surface area contributed by atoms with Gasteiger partial charge in [-0.05, 0) is 31.0 Å². The number of aromatic nitrogens is 1. The fourth-order valence-corrected chi connectivity index (χ4v) is 3.14. The third-order valence-electron chi connectivity index (χ3n) is 4.27. The van der Waals surface area contributed by atoms with Crippen LogP contribution in [0.1, 0.15) is 34.9 Å². The van der Waals surface area contributed by atoms with Gasteiger partial charge in [0.2, 0.25) is 5.76 Å². The summed E-state index contributed by atoms with van der Waals surface area (Å²) in [5.41, 5.74) is 0.739. The van der Waals surface area contributed by atoms with Gasteiger partial charge in [0, 0.05) is 18.2 Å². The number of carbonyl (C=O) groups is 1. The number of amides is 1. The minimum atomic E-state index is -0.293. The summed E-state index contributed by atoms with van der Waals surface area (Å²) in [5.74, 6) is 0.347. The molecule has 0 saturated carbocycles. The lowest BCUT2D eigenvalue weighted by molar-refractivity contribution is 0.0723. The quantitative estimate of drug-likeness (QED) is 0.728. The molecule has 6 heteroatoms. The molecule has 1 aliphatic heterocycles. The van der Waals surface area contributed by atoms with E-state index in [0.29, 0.717) is 23.6 Å². The van der Waals surface area contributed by atoms with Crippen molar-refractivity contribution < 1.29 is 18.1 Å². The van der Waals surface area contributed by atoms with Gasteiger partial charge in [0.05, 0.1) is 12.3 Å². The lowest BCUT2D eigenvalue weighted by atomic mass is 10.0. The van der Waals surface area contributed by atoms with Crippen molar-refractivity contribution in [3.8, 4) is 11.5 Å². The average Bonchev–Trinajstić information content (AvgIpc) is 3.34. The SMILES string of the molecule is O=C(c1cc(-c2ccco2)on1)N1CCC[C@H]1c1ccccc1F. The van der Waals surface area contributed by atoms with Crippen LogP contribution in [0.25, 0.3) is 11.5 Å². The van der Waals surface area contributed by atoms with Crippen LogP contribution in [0, 0.1) is 5.82 Å². The highest BCUT2D eigenvalue weighted by Gasteiger charge is 2.33. The molecule has 0 N–H and O–H groups in total. The maximum atomic E-state index is 14.1. The van der Waals surface area contributed by atoms with Crippen molar-refractivity contribution in [1.82, 2.24) is 10.1 Å². The summed E-state index contributed by atoms with van der Waals surface area (Å²) in [7, 11) is 0. The van der Waals surface area contributed by atoms with E-state index in [4.69, 9.17) is 8.94 Å². The van der Waals surface area contributed by atoms with Crippen molar-refractivity contribution in [2.24, 2.45) is 0 Å². The molecule has 4 rings (SSSR count). The molecule has 1 saturated heterocycles. The van der Waals surface area contributed by atoms with Crippen molar-refractivity contribution in [2.75, 3.05) is 6.54 Å². The zero-order chi connectivity index (χ0) is 16.5. The summed E-state index contributed by atoms with van der Waals surface area (Å²) in [6.07, 6.45) is 3.08. The maximum absolute atomic E-state index is 14.1. The lowest BCUT2D eigenvalue weighted by Crippen LogP contribution is -2.31. The molecular weight excluding hydrogens is 311 g/mol. The molecule has 2 aromatic heterocycles. The predicted molar refractivity (Wildman–Crippen MR) is 83.6 cm³/mol. The normalized spacial score (nSPS) is 17.4. The Balaban J connectivity index is 1.61. The molecule has 0 spiro atoms. The third-order valence-corrected chi connectivity index (χ3v) is 4.27. The van der Waals surface area contributed by atoms with Gasteiger partial charge in [-0.15, -0.1) is 0 Å². The standard InChI is InChI=1S/C18H15FN2O3/c19-13-6-2-1-5-12(13)15-7-3-9-21(15)18(22)14-11-17(24-20-14)16-8-4-10-23-16/h1-2,4-6,8,10-11,15H,3,7,9H2/t15-/m0/s1. The van der Waals surface area contributed by atoms with Gasteiger partial charge in [-0.25, -0.2) is 4.39 Å². The van der Waals surface area contributed by atoms with Gasteiger partial charge in [-0.2, -0.15) is 0 Å². The van der Waals surface area contributed by atoms with Crippen LogP contribution in [0.4, 0.5) is 4.39 Å². The zero-order valence-electron chi connectivity index (χ0n) is 12.8. The molecule has 24 heavy (non-hydrogen) atoms. The molecule has 1 fully saturated rings. The first kappa shape index (κ1) is 14.7. The highest BCUT2D eigenvalue weighted by Crippen LogP contribution is 2.34. The van der Waals surface area contributed by atoms with Crippen LogP contribution in [0.3, 0.4) is 0 Å². The zero-order valence-corrected chi connectivity index (χ0v) is 12.8. The second-order valence-corrected chi connectivity index (χ2v) is 5.73. The van der Waals surface area contributed by atoms with Gasteiger partial charge in [0.25, 0.3) is 5.91 Å². The molecule has 1 aromatic carbocycles. The molecule has 1 atom stereocenters. The number of hydrogen-bond donors (Lipinski definition) is 0. The van der Waals surface area contributed by atoms with Crippen LogP contribution in [0.2, 0.25) is 0 Å². The van der Waals surface area contributed by atoms with E-state index in [9.17, 15) is 9.18 Å². The Hall–Kier alpha value is -2.89. The second kappa shape index (κ2) is 5.96. The van der Waals surface area contributed by atoms with Gasteiger partial charge in [0.1, 0.15) is 5.82 Å². The first-order chi connectivity index (χ1) is 11.7. The summed E-state index contributed by atoms with van der Waals surface area (Å²) in [6.45, 7) is 0.570. The van der Waals surface area contributed by atoms with Crippen LogP contribution in [-0.4, -0.2) is 22.5 Å². The van der Waals surface area contributed by atoms with E-state index >= 15 is 0 Å². The van der Waals surface area contributed by atoms with Crippen molar-refractivity contribution in [3.05, 3.63) is 65.8 Å². The first-order valence-corrected chi connectivity index (χ1v) is 7.80. The minimum Gasteiger partial charge on any atom is -0.461 e. The molecule has 0 aliphatic carbocycles. The van der Waals surface area contributed by atoms with Crippen molar-refractivity contribution in [1.29, 1.82) is 0 Å². The van der Waals surface area contributed by atoms with E-state index in [-0.39, 0.29) is 23.5 Å². The van der Waals surface area contributed by atoms with Crippen molar-refractivity contribution >= 4 is 5.91 Å².